The zero-order chi connectivity index (χ0) is 18.6. The van der Waals surface area contributed by atoms with Crippen LogP contribution in [0.5, 0.6) is 0 Å². The van der Waals surface area contributed by atoms with Crippen molar-refractivity contribution in [2.45, 2.75) is 4.90 Å². The standard InChI is InChI=1S/C19H19ClN2O3S/c20-18-9-5-4-6-16(18)10-11-19(23)21-12-14-22(15-13-21)26(24,25)17-7-2-1-3-8-17/h1-11H,12-15H2/b11-10+. The Balaban J connectivity index is 1.62. The summed E-state index contributed by atoms with van der Waals surface area (Å²) in [6.45, 7) is 1.28. The molecule has 0 spiro atoms. The third-order valence-corrected chi connectivity index (χ3v) is 6.50. The number of nitrogens with zero attached hydrogens (tertiary/aromatic N) is 2. The predicted octanol–water partition coefficient (Wildman–Crippen LogP) is 2.89. The Morgan fingerprint density at radius 3 is 2.19 bits per heavy atom. The average Bonchev–Trinajstić information content (AvgIpc) is 2.68. The lowest BCUT2D eigenvalue weighted by atomic mass is 10.2. The molecular formula is C19H19ClN2O3S. The van der Waals surface area contributed by atoms with Gasteiger partial charge in [0.05, 0.1) is 4.90 Å². The molecule has 2 aromatic rings. The van der Waals surface area contributed by atoms with E-state index in [0.717, 1.165) is 5.56 Å². The van der Waals surface area contributed by atoms with Gasteiger partial charge < -0.3 is 4.90 Å². The number of hydrogen-bond donors (Lipinski definition) is 0. The van der Waals surface area contributed by atoms with E-state index >= 15 is 0 Å². The summed E-state index contributed by atoms with van der Waals surface area (Å²) >= 11 is 6.07. The molecule has 0 unspecified atom stereocenters. The molecule has 0 aromatic heterocycles. The molecule has 0 saturated carbocycles. The summed E-state index contributed by atoms with van der Waals surface area (Å²) in [5.74, 6) is -0.151. The van der Waals surface area contributed by atoms with Crippen LogP contribution in [0.3, 0.4) is 0 Å². The van der Waals surface area contributed by atoms with Crippen molar-refractivity contribution < 1.29 is 13.2 Å². The van der Waals surface area contributed by atoms with Gasteiger partial charge in [-0.1, -0.05) is 48.0 Å². The first-order valence-corrected chi connectivity index (χ1v) is 10.1. The van der Waals surface area contributed by atoms with Crippen LogP contribution in [0.15, 0.2) is 65.6 Å². The molecule has 0 aliphatic carbocycles. The number of amides is 1. The summed E-state index contributed by atoms with van der Waals surface area (Å²) in [5, 5.41) is 0.579. The Bertz CT molecular complexity index is 905. The Hall–Kier alpha value is -2.15. The first-order chi connectivity index (χ1) is 12.5. The lowest BCUT2D eigenvalue weighted by Gasteiger charge is -2.33. The van der Waals surface area contributed by atoms with E-state index in [0.29, 0.717) is 18.1 Å². The van der Waals surface area contributed by atoms with Gasteiger partial charge in [-0.25, -0.2) is 8.42 Å². The second-order valence-corrected chi connectivity index (χ2v) is 8.24. The number of piperazine rings is 1. The van der Waals surface area contributed by atoms with Crippen LogP contribution >= 0.6 is 11.6 Å². The Labute approximate surface area is 158 Å². The third-order valence-electron chi connectivity index (χ3n) is 4.24. The van der Waals surface area contributed by atoms with Gasteiger partial charge in [0, 0.05) is 37.3 Å². The highest BCUT2D eigenvalue weighted by Gasteiger charge is 2.29. The van der Waals surface area contributed by atoms with E-state index in [9.17, 15) is 13.2 Å². The molecule has 1 aliphatic heterocycles. The highest BCUT2D eigenvalue weighted by molar-refractivity contribution is 7.89. The van der Waals surface area contributed by atoms with Crippen molar-refractivity contribution >= 4 is 33.6 Å². The lowest BCUT2D eigenvalue weighted by Crippen LogP contribution is -2.50. The summed E-state index contributed by atoms with van der Waals surface area (Å²) in [5.41, 5.74) is 0.771. The fourth-order valence-corrected chi connectivity index (χ4v) is 4.41. The zero-order valence-electron chi connectivity index (χ0n) is 14.1. The molecule has 2 aromatic carbocycles. The average molecular weight is 391 g/mol. The van der Waals surface area contributed by atoms with E-state index in [1.165, 1.54) is 10.4 Å². The number of halogens is 1. The molecule has 5 nitrogen and oxygen atoms in total. The van der Waals surface area contributed by atoms with E-state index in [1.54, 1.807) is 47.4 Å². The van der Waals surface area contributed by atoms with Gasteiger partial charge in [-0.05, 0) is 29.8 Å². The fourth-order valence-electron chi connectivity index (χ4n) is 2.77. The maximum Gasteiger partial charge on any atom is 0.246 e. The minimum atomic E-state index is -3.51. The topological polar surface area (TPSA) is 57.7 Å². The van der Waals surface area contributed by atoms with E-state index < -0.39 is 10.0 Å². The van der Waals surface area contributed by atoms with Gasteiger partial charge >= 0.3 is 0 Å². The van der Waals surface area contributed by atoms with Gasteiger partial charge in [-0.3, -0.25) is 4.79 Å². The van der Waals surface area contributed by atoms with Crippen LogP contribution in [0.4, 0.5) is 0 Å². The van der Waals surface area contributed by atoms with Crippen LogP contribution in [0.2, 0.25) is 5.02 Å². The van der Waals surface area contributed by atoms with Crippen LogP contribution < -0.4 is 0 Å². The number of hydrogen-bond acceptors (Lipinski definition) is 3. The first kappa shape index (κ1) is 18.6. The van der Waals surface area contributed by atoms with Gasteiger partial charge in [0.25, 0.3) is 0 Å². The number of benzene rings is 2. The molecule has 1 saturated heterocycles. The molecule has 0 radical (unpaired) electrons. The van der Waals surface area contributed by atoms with E-state index in [1.807, 2.05) is 18.2 Å². The SMILES string of the molecule is O=C(/C=C/c1ccccc1Cl)N1CCN(S(=O)(=O)c2ccccc2)CC1. The summed E-state index contributed by atoms with van der Waals surface area (Å²) in [4.78, 5) is 14.3. The van der Waals surface area contributed by atoms with Crippen molar-refractivity contribution in [3.8, 4) is 0 Å². The maximum atomic E-state index is 12.6. The molecule has 1 amide bonds. The van der Waals surface area contributed by atoms with Gasteiger partial charge in [0.1, 0.15) is 0 Å². The van der Waals surface area contributed by atoms with Crippen molar-refractivity contribution in [2.75, 3.05) is 26.2 Å². The minimum Gasteiger partial charge on any atom is -0.337 e. The first-order valence-electron chi connectivity index (χ1n) is 8.25. The molecule has 0 bridgehead atoms. The van der Waals surface area contributed by atoms with Crippen molar-refractivity contribution in [1.29, 1.82) is 0 Å². The quantitative estimate of drug-likeness (QED) is 0.754. The van der Waals surface area contributed by atoms with Crippen molar-refractivity contribution in [2.24, 2.45) is 0 Å². The smallest absolute Gasteiger partial charge is 0.246 e. The fraction of sp³-hybridized carbons (Fsp3) is 0.211. The summed E-state index contributed by atoms with van der Waals surface area (Å²) in [6.07, 6.45) is 3.15. The van der Waals surface area contributed by atoms with Gasteiger partial charge in [-0.2, -0.15) is 4.31 Å². The zero-order valence-corrected chi connectivity index (χ0v) is 15.7. The maximum absolute atomic E-state index is 12.6. The second kappa shape index (κ2) is 8.03. The highest BCUT2D eigenvalue weighted by atomic mass is 35.5. The van der Waals surface area contributed by atoms with Crippen LogP contribution in [-0.2, 0) is 14.8 Å². The van der Waals surface area contributed by atoms with Gasteiger partial charge in [0.2, 0.25) is 15.9 Å². The minimum absolute atomic E-state index is 0.151. The number of carbonyl (C=O) groups is 1. The Morgan fingerprint density at radius 2 is 1.54 bits per heavy atom. The Kier molecular flexibility index (Phi) is 5.76. The van der Waals surface area contributed by atoms with Crippen molar-refractivity contribution in [3.63, 3.8) is 0 Å². The molecule has 7 heteroatoms. The third kappa shape index (κ3) is 4.15. The summed E-state index contributed by atoms with van der Waals surface area (Å²) in [6, 6.07) is 15.6. The Morgan fingerprint density at radius 1 is 0.923 bits per heavy atom. The molecule has 1 fully saturated rings. The van der Waals surface area contributed by atoms with Gasteiger partial charge in [-0.15, -0.1) is 0 Å². The number of sulfonamides is 1. The molecule has 3 rings (SSSR count). The molecular weight excluding hydrogens is 372 g/mol. The predicted molar refractivity (Wildman–Crippen MR) is 102 cm³/mol. The molecule has 1 aliphatic rings. The van der Waals surface area contributed by atoms with Crippen LogP contribution in [0.25, 0.3) is 6.08 Å². The largest absolute Gasteiger partial charge is 0.337 e. The lowest BCUT2D eigenvalue weighted by molar-refractivity contribution is -0.127. The van der Waals surface area contributed by atoms with E-state index in [-0.39, 0.29) is 23.9 Å². The molecule has 0 N–H and O–H groups in total. The van der Waals surface area contributed by atoms with E-state index in [4.69, 9.17) is 11.6 Å². The normalized spacial score (nSPS) is 16.1. The van der Waals surface area contributed by atoms with Crippen molar-refractivity contribution in [1.82, 2.24) is 9.21 Å². The van der Waals surface area contributed by atoms with Crippen LogP contribution in [0, 0.1) is 0 Å². The summed E-state index contributed by atoms with van der Waals surface area (Å²) in [7, 11) is -3.51. The van der Waals surface area contributed by atoms with Crippen molar-refractivity contribution in [3.05, 3.63) is 71.3 Å². The molecule has 136 valence electrons. The van der Waals surface area contributed by atoms with E-state index in [2.05, 4.69) is 0 Å². The van der Waals surface area contributed by atoms with Crippen LogP contribution in [-0.4, -0.2) is 49.7 Å². The second-order valence-electron chi connectivity index (χ2n) is 5.90. The molecule has 26 heavy (non-hydrogen) atoms. The molecule has 0 atom stereocenters. The number of rotatable bonds is 4. The number of carbonyl (C=O) groups excluding carboxylic acids is 1. The summed E-state index contributed by atoms with van der Waals surface area (Å²) < 4.78 is 26.6. The highest BCUT2D eigenvalue weighted by Crippen LogP contribution is 2.18. The monoisotopic (exact) mass is 390 g/mol. The molecule has 1 heterocycles. The van der Waals surface area contributed by atoms with Gasteiger partial charge in [0.15, 0.2) is 0 Å². The van der Waals surface area contributed by atoms with Crippen LogP contribution in [0.1, 0.15) is 5.56 Å².